The van der Waals surface area contributed by atoms with Gasteiger partial charge in [-0.2, -0.15) is 5.10 Å². The molecule has 2 heterocycles. The maximum absolute atomic E-state index is 4.28. The first kappa shape index (κ1) is 11.2. The van der Waals surface area contributed by atoms with Gasteiger partial charge in [-0.25, -0.2) is 0 Å². The van der Waals surface area contributed by atoms with E-state index >= 15 is 0 Å². The van der Waals surface area contributed by atoms with Crippen molar-refractivity contribution in [3.8, 4) is 11.8 Å². The van der Waals surface area contributed by atoms with E-state index in [0.717, 1.165) is 18.7 Å². The van der Waals surface area contributed by atoms with E-state index in [1.54, 1.807) is 0 Å². The Balaban J connectivity index is 1.99. The molecule has 1 aliphatic rings. The SMILES string of the molecule is CC(C)n1cc(C#CC2CCNCC2)cn1. The summed E-state index contributed by atoms with van der Waals surface area (Å²) in [6.45, 7) is 6.45. The van der Waals surface area contributed by atoms with Crippen LogP contribution in [0, 0.1) is 17.8 Å². The highest BCUT2D eigenvalue weighted by molar-refractivity contribution is 5.30. The van der Waals surface area contributed by atoms with Crippen LogP contribution in [0.1, 0.15) is 38.3 Å². The molecule has 86 valence electrons. The van der Waals surface area contributed by atoms with Crippen molar-refractivity contribution in [3.63, 3.8) is 0 Å². The Bertz CT molecular complexity index is 389. The minimum atomic E-state index is 0.412. The summed E-state index contributed by atoms with van der Waals surface area (Å²) in [6.07, 6.45) is 6.23. The molecule has 2 rings (SSSR count). The van der Waals surface area contributed by atoms with Gasteiger partial charge in [0.05, 0.1) is 11.8 Å². The van der Waals surface area contributed by atoms with Crippen molar-refractivity contribution in [2.24, 2.45) is 5.92 Å². The van der Waals surface area contributed by atoms with Gasteiger partial charge >= 0.3 is 0 Å². The molecule has 16 heavy (non-hydrogen) atoms. The van der Waals surface area contributed by atoms with Crippen LogP contribution < -0.4 is 5.32 Å². The highest BCUT2D eigenvalue weighted by Crippen LogP contribution is 2.10. The van der Waals surface area contributed by atoms with Crippen LogP contribution in [0.5, 0.6) is 0 Å². The molecule has 1 aliphatic heterocycles. The van der Waals surface area contributed by atoms with Crippen molar-refractivity contribution >= 4 is 0 Å². The summed E-state index contributed by atoms with van der Waals surface area (Å²) in [5, 5.41) is 7.63. The predicted octanol–water partition coefficient (Wildman–Crippen LogP) is 1.82. The van der Waals surface area contributed by atoms with Crippen LogP contribution in [0.4, 0.5) is 0 Å². The van der Waals surface area contributed by atoms with Crippen molar-refractivity contribution in [3.05, 3.63) is 18.0 Å². The minimum Gasteiger partial charge on any atom is -0.317 e. The number of aromatic nitrogens is 2. The van der Waals surface area contributed by atoms with Gasteiger partial charge in [-0.3, -0.25) is 4.68 Å². The van der Waals surface area contributed by atoms with Gasteiger partial charge in [0.15, 0.2) is 0 Å². The van der Waals surface area contributed by atoms with Crippen molar-refractivity contribution in [1.82, 2.24) is 15.1 Å². The minimum absolute atomic E-state index is 0.412. The van der Waals surface area contributed by atoms with Crippen molar-refractivity contribution in [2.45, 2.75) is 32.7 Å². The highest BCUT2D eigenvalue weighted by Gasteiger charge is 2.09. The van der Waals surface area contributed by atoms with Crippen LogP contribution >= 0.6 is 0 Å². The summed E-state index contributed by atoms with van der Waals surface area (Å²) in [6, 6.07) is 0.412. The average Bonchev–Trinajstić information content (AvgIpc) is 2.76. The van der Waals surface area contributed by atoms with E-state index in [0.29, 0.717) is 12.0 Å². The molecular formula is C13H19N3. The molecule has 0 amide bonds. The standard InChI is InChI=1S/C13H19N3/c1-11(2)16-10-13(9-15-16)4-3-12-5-7-14-8-6-12/h9-12,14H,5-8H2,1-2H3. The third-order valence-electron chi connectivity index (χ3n) is 2.89. The molecular weight excluding hydrogens is 198 g/mol. The summed E-state index contributed by atoms with van der Waals surface area (Å²) in [5.74, 6) is 7.13. The van der Waals surface area contributed by atoms with Gasteiger partial charge in [-0.15, -0.1) is 0 Å². The highest BCUT2D eigenvalue weighted by atomic mass is 15.3. The largest absolute Gasteiger partial charge is 0.317 e. The van der Waals surface area contributed by atoms with E-state index in [4.69, 9.17) is 0 Å². The molecule has 0 aromatic carbocycles. The first-order chi connectivity index (χ1) is 7.75. The van der Waals surface area contributed by atoms with E-state index < -0.39 is 0 Å². The summed E-state index contributed by atoms with van der Waals surface area (Å²) < 4.78 is 1.95. The number of hydrogen-bond acceptors (Lipinski definition) is 2. The summed E-state index contributed by atoms with van der Waals surface area (Å²) >= 11 is 0. The zero-order valence-electron chi connectivity index (χ0n) is 10.0. The Hall–Kier alpha value is -1.27. The van der Waals surface area contributed by atoms with Crippen LogP contribution in [-0.4, -0.2) is 22.9 Å². The Morgan fingerprint density at radius 2 is 2.19 bits per heavy atom. The fourth-order valence-electron chi connectivity index (χ4n) is 1.84. The second-order valence-corrected chi connectivity index (χ2v) is 4.60. The lowest BCUT2D eigenvalue weighted by atomic mass is 9.99. The molecule has 0 atom stereocenters. The fraction of sp³-hybridized carbons (Fsp3) is 0.615. The van der Waals surface area contributed by atoms with Crippen LogP contribution in [0.3, 0.4) is 0 Å². The molecule has 0 spiro atoms. The Morgan fingerprint density at radius 1 is 1.44 bits per heavy atom. The van der Waals surface area contributed by atoms with Gasteiger partial charge in [0.1, 0.15) is 0 Å². The predicted molar refractivity (Wildman–Crippen MR) is 65.1 cm³/mol. The maximum atomic E-state index is 4.28. The Morgan fingerprint density at radius 3 is 2.81 bits per heavy atom. The number of piperidine rings is 1. The van der Waals surface area contributed by atoms with Gasteiger partial charge in [-0.1, -0.05) is 11.8 Å². The van der Waals surface area contributed by atoms with Gasteiger partial charge in [0.25, 0.3) is 0 Å². The number of rotatable bonds is 1. The molecule has 1 aromatic rings. The topological polar surface area (TPSA) is 29.9 Å². The smallest absolute Gasteiger partial charge is 0.0646 e. The summed E-state index contributed by atoms with van der Waals surface area (Å²) in [4.78, 5) is 0. The molecule has 1 fully saturated rings. The van der Waals surface area contributed by atoms with Crippen LogP contribution in [0.15, 0.2) is 12.4 Å². The maximum Gasteiger partial charge on any atom is 0.0646 e. The fourth-order valence-corrected chi connectivity index (χ4v) is 1.84. The monoisotopic (exact) mass is 217 g/mol. The van der Waals surface area contributed by atoms with E-state index in [9.17, 15) is 0 Å². The van der Waals surface area contributed by atoms with Crippen LogP contribution in [-0.2, 0) is 0 Å². The van der Waals surface area contributed by atoms with Gasteiger partial charge in [0, 0.05) is 18.2 Å². The summed E-state index contributed by atoms with van der Waals surface area (Å²) in [5.41, 5.74) is 1.03. The van der Waals surface area contributed by atoms with Gasteiger partial charge in [-0.05, 0) is 39.8 Å². The molecule has 1 N–H and O–H groups in total. The molecule has 1 saturated heterocycles. The molecule has 3 heteroatoms. The van der Waals surface area contributed by atoms with Gasteiger partial charge < -0.3 is 5.32 Å². The molecule has 0 bridgehead atoms. The lowest BCUT2D eigenvalue weighted by Gasteiger charge is -2.17. The second-order valence-electron chi connectivity index (χ2n) is 4.60. The van der Waals surface area contributed by atoms with Crippen molar-refractivity contribution in [1.29, 1.82) is 0 Å². The lowest BCUT2D eigenvalue weighted by Crippen LogP contribution is -2.26. The number of hydrogen-bond donors (Lipinski definition) is 1. The van der Waals surface area contributed by atoms with E-state index in [1.165, 1.54) is 12.8 Å². The molecule has 0 radical (unpaired) electrons. The molecule has 0 aliphatic carbocycles. The first-order valence-electron chi connectivity index (χ1n) is 6.02. The van der Waals surface area contributed by atoms with E-state index in [2.05, 4.69) is 36.1 Å². The van der Waals surface area contributed by atoms with Crippen molar-refractivity contribution in [2.75, 3.05) is 13.1 Å². The average molecular weight is 217 g/mol. The summed E-state index contributed by atoms with van der Waals surface area (Å²) in [7, 11) is 0. The second kappa shape index (κ2) is 5.18. The molecule has 0 saturated carbocycles. The van der Waals surface area contributed by atoms with E-state index in [1.807, 2.05) is 17.1 Å². The zero-order valence-corrected chi connectivity index (χ0v) is 10.0. The molecule has 0 unspecified atom stereocenters. The number of nitrogens with zero attached hydrogens (tertiary/aromatic N) is 2. The van der Waals surface area contributed by atoms with Crippen LogP contribution in [0.2, 0.25) is 0 Å². The van der Waals surface area contributed by atoms with E-state index in [-0.39, 0.29) is 0 Å². The third-order valence-corrected chi connectivity index (χ3v) is 2.89. The quantitative estimate of drug-likeness (QED) is 0.727. The Kier molecular flexibility index (Phi) is 3.63. The third kappa shape index (κ3) is 2.86. The lowest BCUT2D eigenvalue weighted by molar-refractivity contribution is 0.447. The first-order valence-corrected chi connectivity index (χ1v) is 6.02. The zero-order chi connectivity index (χ0) is 11.4. The van der Waals surface area contributed by atoms with Crippen LogP contribution in [0.25, 0.3) is 0 Å². The number of nitrogens with one attached hydrogen (secondary N) is 1. The Labute approximate surface area is 97.2 Å². The van der Waals surface area contributed by atoms with Crippen molar-refractivity contribution < 1.29 is 0 Å². The molecule has 1 aromatic heterocycles. The molecule has 3 nitrogen and oxygen atoms in total. The van der Waals surface area contributed by atoms with Gasteiger partial charge in [0.2, 0.25) is 0 Å². The normalized spacial score (nSPS) is 17.2.